The Hall–Kier alpha value is -2.25. The summed E-state index contributed by atoms with van der Waals surface area (Å²) in [6, 6.07) is 6.14. The van der Waals surface area contributed by atoms with Crippen LogP contribution < -0.4 is 16.0 Å². The van der Waals surface area contributed by atoms with Gasteiger partial charge in [0, 0.05) is 43.2 Å². The van der Waals surface area contributed by atoms with Crippen LogP contribution in [0.15, 0.2) is 18.2 Å². The molecule has 1 aromatic carbocycles. The monoisotopic (exact) mass is 382 g/mol. The summed E-state index contributed by atoms with van der Waals surface area (Å²) in [5, 5.41) is 9.70. The number of hydrogen-bond acceptors (Lipinski definition) is 5. The SMILES string of the molecule is O=C1CCC(N2Cc3ccc(CNC45CCCC(C4)NC5)cc3C2=O)C(=O)N1. The van der Waals surface area contributed by atoms with Crippen LogP contribution in [0, 0.1) is 0 Å². The standard InChI is InChI=1S/C21H26N4O3/c26-18-6-5-17(19(27)24-18)25-11-14-4-3-13(8-16(14)20(25)28)10-23-21-7-1-2-15(9-21)22-12-21/h3-4,8,15,17,22-23H,1-2,5-7,9-12H2,(H,24,26,27). The average molecular weight is 382 g/mol. The van der Waals surface area contributed by atoms with Crippen LogP contribution in [0.2, 0.25) is 0 Å². The summed E-state index contributed by atoms with van der Waals surface area (Å²) in [4.78, 5) is 38.1. The van der Waals surface area contributed by atoms with Gasteiger partial charge in [0.05, 0.1) is 0 Å². The van der Waals surface area contributed by atoms with Crippen molar-refractivity contribution in [1.82, 2.24) is 20.9 Å². The summed E-state index contributed by atoms with van der Waals surface area (Å²) in [6.45, 7) is 2.20. The van der Waals surface area contributed by atoms with E-state index in [4.69, 9.17) is 0 Å². The van der Waals surface area contributed by atoms with E-state index in [1.54, 1.807) is 4.90 Å². The second-order valence-corrected chi connectivity index (χ2v) is 8.70. The second kappa shape index (κ2) is 6.67. The van der Waals surface area contributed by atoms with Crippen molar-refractivity contribution in [2.24, 2.45) is 0 Å². The Balaban J connectivity index is 1.28. The molecule has 3 N–H and O–H groups in total. The molecule has 3 aliphatic heterocycles. The van der Waals surface area contributed by atoms with E-state index in [-0.39, 0.29) is 29.7 Å². The Morgan fingerprint density at radius 3 is 2.96 bits per heavy atom. The molecule has 1 aromatic rings. The highest BCUT2D eigenvalue weighted by Crippen LogP contribution is 2.34. The van der Waals surface area contributed by atoms with Gasteiger partial charge < -0.3 is 15.5 Å². The number of hydrogen-bond donors (Lipinski definition) is 3. The number of nitrogens with zero attached hydrogens (tertiary/aromatic N) is 1. The molecule has 1 saturated carbocycles. The molecule has 3 amide bonds. The van der Waals surface area contributed by atoms with Gasteiger partial charge in [0.1, 0.15) is 6.04 Å². The average Bonchev–Trinajstić information content (AvgIpc) is 3.17. The number of carbonyl (C=O) groups excluding carboxylic acids is 3. The molecular formula is C21H26N4O3. The van der Waals surface area contributed by atoms with Crippen LogP contribution >= 0.6 is 0 Å². The molecule has 1 aliphatic carbocycles. The van der Waals surface area contributed by atoms with Gasteiger partial charge in [-0.2, -0.15) is 0 Å². The first-order chi connectivity index (χ1) is 13.5. The molecule has 28 heavy (non-hydrogen) atoms. The maximum absolute atomic E-state index is 12.9. The smallest absolute Gasteiger partial charge is 0.255 e. The minimum absolute atomic E-state index is 0.107. The first-order valence-corrected chi connectivity index (χ1v) is 10.3. The lowest BCUT2D eigenvalue weighted by Gasteiger charge is -2.33. The highest BCUT2D eigenvalue weighted by atomic mass is 16.2. The zero-order valence-corrected chi connectivity index (χ0v) is 15.9. The van der Waals surface area contributed by atoms with E-state index >= 15 is 0 Å². The molecule has 3 atom stereocenters. The zero-order valence-electron chi connectivity index (χ0n) is 15.9. The van der Waals surface area contributed by atoms with E-state index in [1.165, 1.54) is 25.7 Å². The lowest BCUT2D eigenvalue weighted by molar-refractivity contribution is -0.136. The lowest BCUT2D eigenvalue weighted by atomic mass is 9.83. The number of nitrogens with one attached hydrogen (secondary N) is 3. The van der Waals surface area contributed by atoms with Crippen molar-refractivity contribution in [3.05, 3.63) is 34.9 Å². The Bertz CT molecular complexity index is 850. The second-order valence-electron chi connectivity index (χ2n) is 8.70. The van der Waals surface area contributed by atoms with Crippen molar-refractivity contribution in [3.8, 4) is 0 Å². The Labute approximate surface area is 164 Å². The number of piperidine rings is 1. The largest absolute Gasteiger partial charge is 0.322 e. The van der Waals surface area contributed by atoms with E-state index in [9.17, 15) is 14.4 Å². The topological polar surface area (TPSA) is 90.5 Å². The van der Waals surface area contributed by atoms with Crippen molar-refractivity contribution >= 4 is 17.7 Å². The summed E-state index contributed by atoms with van der Waals surface area (Å²) in [6.07, 6.45) is 5.59. The molecule has 5 rings (SSSR count). The van der Waals surface area contributed by atoms with Gasteiger partial charge in [0.15, 0.2) is 0 Å². The normalized spacial score (nSPS) is 31.9. The Kier molecular flexibility index (Phi) is 4.25. The van der Waals surface area contributed by atoms with Gasteiger partial charge in [0.25, 0.3) is 5.91 Å². The molecule has 7 nitrogen and oxygen atoms in total. The van der Waals surface area contributed by atoms with Crippen molar-refractivity contribution in [1.29, 1.82) is 0 Å². The number of carbonyl (C=O) groups is 3. The van der Waals surface area contributed by atoms with Crippen LogP contribution in [0.25, 0.3) is 0 Å². The van der Waals surface area contributed by atoms with E-state index < -0.39 is 6.04 Å². The molecule has 2 saturated heterocycles. The fourth-order valence-electron chi connectivity index (χ4n) is 5.26. The molecule has 0 aromatic heterocycles. The molecule has 148 valence electrons. The Morgan fingerprint density at radius 2 is 2.11 bits per heavy atom. The first-order valence-electron chi connectivity index (χ1n) is 10.3. The first kappa shape index (κ1) is 17.8. The van der Waals surface area contributed by atoms with Crippen LogP contribution in [0.1, 0.15) is 60.0 Å². The number of fused-ring (bicyclic) bond motifs is 3. The van der Waals surface area contributed by atoms with Crippen molar-refractivity contribution < 1.29 is 14.4 Å². The fraction of sp³-hybridized carbons (Fsp3) is 0.571. The highest BCUT2D eigenvalue weighted by molar-refractivity contribution is 6.05. The number of benzene rings is 1. The molecule has 0 spiro atoms. The maximum Gasteiger partial charge on any atom is 0.255 e. The molecule has 3 heterocycles. The quantitative estimate of drug-likeness (QED) is 0.671. The van der Waals surface area contributed by atoms with Crippen LogP contribution in [-0.2, 0) is 22.7 Å². The summed E-state index contributed by atoms with van der Waals surface area (Å²) >= 11 is 0. The van der Waals surface area contributed by atoms with Gasteiger partial charge in [-0.1, -0.05) is 18.6 Å². The molecule has 2 bridgehead atoms. The van der Waals surface area contributed by atoms with Gasteiger partial charge in [0.2, 0.25) is 11.8 Å². The third-order valence-electron chi connectivity index (χ3n) is 6.83. The summed E-state index contributed by atoms with van der Waals surface area (Å²) in [5.74, 6) is -0.728. The minimum Gasteiger partial charge on any atom is -0.322 e. The maximum atomic E-state index is 12.9. The van der Waals surface area contributed by atoms with Crippen molar-refractivity contribution in [2.75, 3.05) is 6.54 Å². The van der Waals surface area contributed by atoms with Crippen LogP contribution in [0.4, 0.5) is 0 Å². The molecule has 3 unspecified atom stereocenters. The predicted molar refractivity (Wildman–Crippen MR) is 102 cm³/mol. The van der Waals surface area contributed by atoms with E-state index in [2.05, 4.69) is 22.0 Å². The predicted octanol–water partition coefficient (Wildman–Crippen LogP) is 0.822. The van der Waals surface area contributed by atoms with Crippen molar-refractivity contribution in [3.63, 3.8) is 0 Å². The fourth-order valence-corrected chi connectivity index (χ4v) is 5.26. The number of imide groups is 1. The number of rotatable bonds is 4. The molecule has 3 fully saturated rings. The van der Waals surface area contributed by atoms with Gasteiger partial charge >= 0.3 is 0 Å². The Morgan fingerprint density at radius 1 is 1.21 bits per heavy atom. The highest BCUT2D eigenvalue weighted by Gasteiger charge is 2.42. The molecular weight excluding hydrogens is 356 g/mol. The third-order valence-corrected chi connectivity index (χ3v) is 6.83. The van der Waals surface area contributed by atoms with Crippen LogP contribution in [0.3, 0.4) is 0 Å². The molecule has 4 aliphatic rings. The van der Waals surface area contributed by atoms with E-state index in [0.717, 1.165) is 24.2 Å². The lowest BCUT2D eigenvalue weighted by Crippen LogP contribution is -2.52. The minimum atomic E-state index is -0.554. The molecule has 7 heteroatoms. The summed E-state index contributed by atoms with van der Waals surface area (Å²) in [7, 11) is 0. The van der Waals surface area contributed by atoms with Gasteiger partial charge in [-0.15, -0.1) is 0 Å². The van der Waals surface area contributed by atoms with E-state index in [1.807, 2.05) is 12.1 Å². The van der Waals surface area contributed by atoms with Gasteiger partial charge in [-0.25, -0.2) is 0 Å². The van der Waals surface area contributed by atoms with Gasteiger partial charge in [-0.3, -0.25) is 19.7 Å². The summed E-state index contributed by atoms with van der Waals surface area (Å²) in [5.41, 5.74) is 2.93. The van der Waals surface area contributed by atoms with Gasteiger partial charge in [-0.05, 0) is 42.9 Å². The summed E-state index contributed by atoms with van der Waals surface area (Å²) < 4.78 is 0. The molecule has 0 radical (unpaired) electrons. The van der Waals surface area contributed by atoms with E-state index in [0.29, 0.717) is 24.6 Å². The zero-order chi connectivity index (χ0) is 19.3. The number of amides is 3. The van der Waals surface area contributed by atoms with Crippen molar-refractivity contribution in [2.45, 2.75) is 69.2 Å². The van der Waals surface area contributed by atoms with Crippen LogP contribution in [-0.4, -0.2) is 46.8 Å². The third kappa shape index (κ3) is 3.02. The van der Waals surface area contributed by atoms with Crippen LogP contribution in [0.5, 0.6) is 0 Å².